The number of amides is 1. The minimum atomic E-state index is -0.793. The summed E-state index contributed by atoms with van der Waals surface area (Å²) in [4.78, 5) is 30.5. The molecule has 0 aliphatic carbocycles. The van der Waals surface area contributed by atoms with Crippen LogP contribution in [0.15, 0.2) is 96.6 Å². The van der Waals surface area contributed by atoms with Gasteiger partial charge in [0.2, 0.25) is 0 Å². The second-order valence-corrected chi connectivity index (χ2v) is 9.41. The van der Waals surface area contributed by atoms with Crippen molar-refractivity contribution in [2.24, 2.45) is 0 Å². The summed E-state index contributed by atoms with van der Waals surface area (Å²) in [6.45, 7) is 5.91. The molecule has 1 heterocycles. The number of carbonyl (C=O) groups excluding carboxylic acids is 2. The van der Waals surface area contributed by atoms with Crippen molar-refractivity contribution in [2.45, 2.75) is 19.9 Å². The van der Waals surface area contributed by atoms with Gasteiger partial charge in [0.15, 0.2) is 0 Å². The molecule has 5 nitrogen and oxygen atoms in total. The van der Waals surface area contributed by atoms with E-state index in [2.05, 4.69) is 18.7 Å². The van der Waals surface area contributed by atoms with Gasteiger partial charge in [0.05, 0.1) is 11.6 Å². The van der Waals surface area contributed by atoms with Crippen molar-refractivity contribution >= 4 is 51.2 Å². The van der Waals surface area contributed by atoms with E-state index in [-0.39, 0.29) is 11.3 Å². The predicted molar refractivity (Wildman–Crippen MR) is 150 cm³/mol. The van der Waals surface area contributed by atoms with E-state index in [4.69, 9.17) is 11.6 Å². The number of ketones is 1. The number of anilines is 2. The highest BCUT2D eigenvalue weighted by atomic mass is 35.5. The molecule has 186 valence electrons. The maximum atomic E-state index is 13.4. The molecule has 1 saturated heterocycles. The van der Waals surface area contributed by atoms with Crippen molar-refractivity contribution < 1.29 is 14.7 Å². The molecule has 1 atom stereocenters. The van der Waals surface area contributed by atoms with Crippen molar-refractivity contribution in [1.82, 2.24) is 0 Å². The van der Waals surface area contributed by atoms with Crippen molar-refractivity contribution in [2.75, 3.05) is 22.9 Å². The van der Waals surface area contributed by atoms with Gasteiger partial charge in [-0.05, 0) is 72.6 Å². The smallest absolute Gasteiger partial charge is 0.300 e. The number of fused-ring (bicyclic) bond motifs is 1. The molecular weight excluding hydrogens is 484 g/mol. The molecular formula is C31H27ClN2O3. The summed E-state index contributed by atoms with van der Waals surface area (Å²) in [5.74, 6) is -1.61. The van der Waals surface area contributed by atoms with Crippen LogP contribution in [-0.4, -0.2) is 29.9 Å². The van der Waals surface area contributed by atoms with Crippen molar-refractivity contribution in [3.8, 4) is 0 Å². The van der Waals surface area contributed by atoms with Gasteiger partial charge in [0.1, 0.15) is 5.76 Å². The topological polar surface area (TPSA) is 60.9 Å². The summed E-state index contributed by atoms with van der Waals surface area (Å²) in [6.07, 6.45) is 0. The van der Waals surface area contributed by atoms with Crippen LogP contribution in [0.3, 0.4) is 0 Å². The van der Waals surface area contributed by atoms with Crippen LogP contribution >= 0.6 is 11.6 Å². The number of aliphatic hydroxyl groups is 1. The zero-order chi connectivity index (χ0) is 26.1. The Morgan fingerprint density at radius 3 is 2.16 bits per heavy atom. The van der Waals surface area contributed by atoms with Crippen LogP contribution in [0.5, 0.6) is 0 Å². The fourth-order valence-electron chi connectivity index (χ4n) is 4.96. The Morgan fingerprint density at radius 1 is 0.865 bits per heavy atom. The summed E-state index contributed by atoms with van der Waals surface area (Å²) in [5.41, 5.74) is 2.85. The van der Waals surface area contributed by atoms with Crippen molar-refractivity contribution in [3.63, 3.8) is 0 Å². The number of halogens is 1. The zero-order valence-electron chi connectivity index (χ0n) is 20.7. The molecule has 0 aromatic heterocycles. The van der Waals surface area contributed by atoms with Crippen LogP contribution in [0, 0.1) is 0 Å². The van der Waals surface area contributed by atoms with E-state index in [0.29, 0.717) is 16.3 Å². The number of benzene rings is 4. The summed E-state index contributed by atoms with van der Waals surface area (Å²) >= 11 is 6.09. The van der Waals surface area contributed by atoms with E-state index < -0.39 is 17.7 Å². The third-order valence-electron chi connectivity index (χ3n) is 6.91. The van der Waals surface area contributed by atoms with Crippen molar-refractivity contribution in [1.29, 1.82) is 0 Å². The van der Waals surface area contributed by atoms with Gasteiger partial charge in [-0.25, -0.2) is 0 Å². The Labute approximate surface area is 221 Å². The molecule has 6 heteroatoms. The zero-order valence-corrected chi connectivity index (χ0v) is 21.4. The fourth-order valence-corrected chi connectivity index (χ4v) is 5.09. The summed E-state index contributed by atoms with van der Waals surface area (Å²) in [5, 5.41) is 13.9. The molecule has 1 fully saturated rings. The van der Waals surface area contributed by atoms with Crippen LogP contribution in [0.1, 0.15) is 31.0 Å². The lowest BCUT2D eigenvalue weighted by atomic mass is 9.94. The second-order valence-electron chi connectivity index (χ2n) is 8.97. The molecule has 4 aromatic rings. The summed E-state index contributed by atoms with van der Waals surface area (Å²) in [6, 6.07) is 27.1. The maximum absolute atomic E-state index is 13.4. The lowest BCUT2D eigenvalue weighted by molar-refractivity contribution is -0.132. The highest BCUT2D eigenvalue weighted by Crippen LogP contribution is 2.43. The van der Waals surface area contributed by atoms with Crippen LogP contribution < -0.4 is 9.80 Å². The molecule has 37 heavy (non-hydrogen) atoms. The van der Waals surface area contributed by atoms with Crippen LogP contribution in [0.4, 0.5) is 11.4 Å². The quantitative estimate of drug-likeness (QED) is 0.173. The third-order valence-corrected chi connectivity index (χ3v) is 7.16. The Kier molecular flexibility index (Phi) is 6.72. The molecule has 1 N–H and O–H groups in total. The van der Waals surface area contributed by atoms with E-state index in [9.17, 15) is 14.7 Å². The minimum Gasteiger partial charge on any atom is -0.507 e. The van der Waals surface area contributed by atoms with Gasteiger partial charge in [-0.3, -0.25) is 14.5 Å². The molecule has 0 saturated carbocycles. The van der Waals surface area contributed by atoms with E-state index in [1.807, 2.05) is 60.7 Å². The Bertz CT molecular complexity index is 1510. The van der Waals surface area contributed by atoms with Crippen LogP contribution in [-0.2, 0) is 9.59 Å². The van der Waals surface area contributed by atoms with Gasteiger partial charge in [-0.2, -0.15) is 0 Å². The average Bonchev–Trinajstić information content (AvgIpc) is 3.19. The molecule has 1 aliphatic heterocycles. The van der Waals surface area contributed by atoms with Crippen LogP contribution in [0.2, 0.25) is 5.02 Å². The lowest BCUT2D eigenvalue weighted by Crippen LogP contribution is -2.29. The monoisotopic (exact) mass is 510 g/mol. The average molecular weight is 511 g/mol. The number of Topliss-reactive ketones (excluding diaryl/α,β-unsaturated/α-hetero) is 1. The number of hydrogen-bond donors (Lipinski definition) is 1. The highest BCUT2D eigenvalue weighted by molar-refractivity contribution is 6.51. The molecule has 1 unspecified atom stereocenters. The van der Waals surface area contributed by atoms with Gasteiger partial charge < -0.3 is 10.0 Å². The first kappa shape index (κ1) is 24.6. The van der Waals surface area contributed by atoms with Crippen molar-refractivity contribution in [3.05, 3.63) is 113 Å². The first-order chi connectivity index (χ1) is 17.9. The maximum Gasteiger partial charge on any atom is 0.300 e. The first-order valence-corrected chi connectivity index (χ1v) is 12.7. The standard InChI is InChI=1S/C31H27ClN2O3/c1-3-33(4-2)25-15-11-21(12-16-25)28-27(29(35)23-10-9-20-7-5-6-8-22(20)19-23)30(36)31(37)34(28)26-17-13-24(32)14-18-26/h5-19,28,35H,3-4H2,1-2H3/b29-27-. The first-order valence-electron chi connectivity index (χ1n) is 12.3. The predicted octanol–water partition coefficient (Wildman–Crippen LogP) is 6.97. The normalized spacial score (nSPS) is 16.9. The van der Waals surface area contributed by atoms with E-state index >= 15 is 0 Å². The van der Waals surface area contributed by atoms with Gasteiger partial charge in [0.25, 0.3) is 11.7 Å². The van der Waals surface area contributed by atoms with E-state index in [1.54, 1.807) is 30.3 Å². The third kappa shape index (κ3) is 4.47. The lowest BCUT2D eigenvalue weighted by Gasteiger charge is -2.27. The molecule has 4 aromatic carbocycles. The van der Waals surface area contributed by atoms with Gasteiger partial charge in [-0.1, -0.05) is 60.1 Å². The Balaban J connectivity index is 1.68. The molecule has 1 aliphatic rings. The fraction of sp³-hybridized carbons (Fsp3) is 0.161. The Hall–Kier alpha value is -4.09. The number of nitrogens with zero attached hydrogens (tertiary/aromatic N) is 2. The number of carbonyl (C=O) groups is 2. The number of aliphatic hydroxyl groups excluding tert-OH is 1. The van der Waals surface area contributed by atoms with Gasteiger partial charge in [0, 0.05) is 35.1 Å². The second kappa shape index (κ2) is 10.1. The SMILES string of the molecule is CCN(CC)c1ccc(C2/C(=C(/O)c3ccc4ccccc4c3)C(=O)C(=O)N2c2ccc(Cl)cc2)cc1. The largest absolute Gasteiger partial charge is 0.507 e. The Morgan fingerprint density at radius 2 is 1.51 bits per heavy atom. The molecule has 0 radical (unpaired) electrons. The van der Waals surface area contributed by atoms with Gasteiger partial charge >= 0.3 is 0 Å². The molecule has 5 rings (SSSR count). The van der Waals surface area contributed by atoms with E-state index in [0.717, 1.165) is 35.1 Å². The number of rotatable bonds is 6. The van der Waals surface area contributed by atoms with Gasteiger partial charge in [-0.15, -0.1) is 0 Å². The molecule has 1 amide bonds. The van der Waals surface area contributed by atoms with E-state index in [1.165, 1.54) is 4.90 Å². The molecule has 0 spiro atoms. The van der Waals surface area contributed by atoms with Crippen LogP contribution in [0.25, 0.3) is 16.5 Å². The molecule has 0 bridgehead atoms. The highest BCUT2D eigenvalue weighted by Gasteiger charge is 2.47. The summed E-state index contributed by atoms with van der Waals surface area (Å²) < 4.78 is 0. The number of hydrogen-bond acceptors (Lipinski definition) is 4. The summed E-state index contributed by atoms with van der Waals surface area (Å²) in [7, 11) is 0. The minimum absolute atomic E-state index is 0.0609.